The Morgan fingerprint density at radius 3 is 2.69 bits per heavy atom. The van der Waals surface area contributed by atoms with E-state index in [1.165, 1.54) is 0 Å². The zero-order chi connectivity index (χ0) is 10.3. The van der Waals surface area contributed by atoms with Gasteiger partial charge in [0.15, 0.2) is 0 Å². The standard InChI is InChI=1S/C6H13N2O4P/c1-2-5-8-6(3-4-7)12-13(9,10)11/h6,8H,2-3,5H2,1H3,(H2,9,10,11). The highest BCUT2D eigenvalue weighted by atomic mass is 31.2. The number of phosphoric acid groups is 1. The Kier molecular flexibility index (Phi) is 5.88. The summed E-state index contributed by atoms with van der Waals surface area (Å²) in [5.41, 5.74) is 0. The smallest absolute Gasteiger partial charge is 0.303 e. The molecule has 13 heavy (non-hydrogen) atoms. The number of rotatable bonds is 6. The molecule has 3 N–H and O–H groups in total. The molecule has 0 aliphatic carbocycles. The van der Waals surface area contributed by atoms with Crippen LogP contribution in [0.25, 0.3) is 0 Å². The first-order valence-corrected chi connectivity index (χ1v) is 5.37. The molecule has 0 fully saturated rings. The molecule has 76 valence electrons. The Morgan fingerprint density at radius 1 is 1.69 bits per heavy atom. The lowest BCUT2D eigenvalue weighted by molar-refractivity contribution is 0.112. The summed E-state index contributed by atoms with van der Waals surface area (Å²) >= 11 is 0. The fraction of sp³-hybridized carbons (Fsp3) is 0.833. The zero-order valence-electron chi connectivity index (χ0n) is 7.30. The van der Waals surface area contributed by atoms with Crippen molar-refractivity contribution >= 4 is 7.82 Å². The van der Waals surface area contributed by atoms with E-state index in [9.17, 15) is 4.57 Å². The van der Waals surface area contributed by atoms with Gasteiger partial charge in [-0.2, -0.15) is 5.26 Å². The molecule has 0 spiro atoms. The molecule has 1 atom stereocenters. The van der Waals surface area contributed by atoms with Gasteiger partial charge in [0.25, 0.3) is 0 Å². The van der Waals surface area contributed by atoms with E-state index in [2.05, 4.69) is 9.84 Å². The van der Waals surface area contributed by atoms with Crippen molar-refractivity contribution in [3.05, 3.63) is 0 Å². The number of nitrogens with one attached hydrogen (secondary N) is 1. The summed E-state index contributed by atoms with van der Waals surface area (Å²) in [6.07, 6.45) is -0.192. The predicted octanol–water partition coefficient (Wildman–Crippen LogP) is 0.335. The molecule has 0 aromatic heterocycles. The highest BCUT2D eigenvalue weighted by Gasteiger charge is 2.21. The topological polar surface area (TPSA) is 103 Å². The molecule has 1 unspecified atom stereocenters. The summed E-state index contributed by atoms with van der Waals surface area (Å²) in [4.78, 5) is 16.9. The minimum absolute atomic E-state index is 0.0922. The van der Waals surface area contributed by atoms with E-state index in [4.69, 9.17) is 15.0 Å². The van der Waals surface area contributed by atoms with Gasteiger partial charge in [-0.1, -0.05) is 6.92 Å². The maximum Gasteiger partial charge on any atom is 0.471 e. The molecule has 0 aromatic rings. The Bertz CT molecular complexity index is 221. The van der Waals surface area contributed by atoms with Crippen LogP contribution in [0.5, 0.6) is 0 Å². The van der Waals surface area contributed by atoms with E-state index in [1.807, 2.05) is 6.92 Å². The highest BCUT2D eigenvalue weighted by Crippen LogP contribution is 2.37. The average Bonchev–Trinajstić information content (AvgIpc) is 1.98. The van der Waals surface area contributed by atoms with Crippen molar-refractivity contribution in [3.8, 4) is 6.07 Å². The van der Waals surface area contributed by atoms with Crippen molar-refractivity contribution in [1.29, 1.82) is 5.26 Å². The van der Waals surface area contributed by atoms with E-state index >= 15 is 0 Å². The maximum absolute atomic E-state index is 10.4. The van der Waals surface area contributed by atoms with Gasteiger partial charge in [0.1, 0.15) is 6.23 Å². The summed E-state index contributed by atoms with van der Waals surface area (Å²) in [5, 5.41) is 11.0. The van der Waals surface area contributed by atoms with E-state index < -0.39 is 14.1 Å². The van der Waals surface area contributed by atoms with Gasteiger partial charge in [0.2, 0.25) is 0 Å². The monoisotopic (exact) mass is 208 g/mol. The third kappa shape index (κ3) is 7.91. The second-order valence-corrected chi connectivity index (χ2v) is 3.59. The minimum Gasteiger partial charge on any atom is -0.303 e. The summed E-state index contributed by atoms with van der Waals surface area (Å²) in [7, 11) is -4.51. The number of hydrogen-bond donors (Lipinski definition) is 3. The molecule has 6 nitrogen and oxygen atoms in total. The van der Waals surface area contributed by atoms with Crippen LogP contribution in [0.2, 0.25) is 0 Å². The molecule has 0 amide bonds. The van der Waals surface area contributed by atoms with E-state index in [0.717, 1.165) is 6.42 Å². The van der Waals surface area contributed by atoms with Gasteiger partial charge >= 0.3 is 7.82 Å². The Morgan fingerprint density at radius 2 is 2.31 bits per heavy atom. The molecule has 0 heterocycles. The van der Waals surface area contributed by atoms with Gasteiger partial charge in [-0.3, -0.25) is 9.84 Å². The van der Waals surface area contributed by atoms with Gasteiger partial charge in [0, 0.05) is 0 Å². The number of phosphoric ester groups is 1. The molecule has 0 saturated carbocycles. The minimum atomic E-state index is -4.51. The quantitative estimate of drug-likeness (QED) is 0.429. The van der Waals surface area contributed by atoms with Crippen LogP contribution in [0.3, 0.4) is 0 Å². The molecule has 0 saturated heterocycles. The summed E-state index contributed by atoms with van der Waals surface area (Å²) < 4.78 is 14.7. The molecule has 0 radical (unpaired) electrons. The fourth-order valence-corrected chi connectivity index (χ4v) is 1.18. The van der Waals surface area contributed by atoms with Gasteiger partial charge < -0.3 is 9.79 Å². The van der Waals surface area contributed by atoms with Crippen LogP contribution in [0, 0.1) is 11.3 Å². The summed E-state index contributed by atoms with van der Waals surface area (Å²) in [6, 6.07) is 1.77. The van der Waals surface area contributed by atoms with Crippen molar-refractivity contribution in [3.63, 3.8) is 0 Å². The molecule has 7 heteroatoms. The molecular formula is C6H13N2O4P. The molecule has 0 aliphatic rings. The first-order valence-electron chi connectivity index (χ1n) is 3.84. The highest BCUT2D eigenvalue weighted by molar-refractivity contribution is 7.46. The third-order valence-corrected chi connectivity index (χ3v) is 1.69. The Labute approximate surface area is 76.8 Å². The lowest BCUT2D eigenvalue weighted by Crippen LogP contribution is -2.31. The zero-order valence-corrected chi connectivity index (χ0v) is 8.20. The van der Waals surface area contributed by atoms with Gasteiger partial charge in [-0.05, 0) is 13.0 Å². The van der Waals surface area contributed by atoms with Crippen LogP contribution in [-0.4, -0.2) is 22.6 Å². The second kappa shape index (κ2) is 6.08. The Hall–Kier alpha value is -0.440. The Balaban J connectivity index is 3.96. The number of nitriles is 1. The van der Waals surface area contributed by atoms with Crippen molar-refractivity contribution in [2.45, 2.75) is 26.0 Å². The molecule has 0 aromatic carbocycles. The SMILES string of the molecule is CCCNC(CC#N)OP(=O)(O)O. The first kappa shape index (κ1) is 12.6. The third-order valence-electron chi connectivity index (χ3n) is 1.16. The van der Waals surface area contributed by atoms with Crippen LogP contribution in [0.4, 0.5) is 0 Å². The first-order chi connectivity index (χ1) is 5.99. The van der Waals surface area contributed by atoms with Crippen LogP contribution in [0.1, 0.15) is 19.8 Å². The normalized spacial score (nSPS) is 13.7. The second-order valence-electron chi connectivity index (χ2n) is 2.40. The van der Waals surface area contributed by atoms with Gasteiger partial charge in [0.05, 0.1) is 12.5 Å². The molecule has 0 rings (SSSR count). The van der Waals surface area contributed by atoms with Crippen molar-refractivity contribution in [2.75, 3.05) is 6.54 Å². The predicted molar refractivity (Wildman–Crippen MR) is 45.4 cm³/mol. The van der Waals surface area contributed by atoms with Crippen LogP contribution in [-0.2, 0) is 9.09 Å². The van der Waals surface area contributed by atoms with Gasteiger partial charge in [-0.25, -0.2) is 4.57 Å². The lowest BCUT2D eigenvalue weighted by atomic mass is 10.4. The molecule has 0 aliphatic heterocycles. The summed E-state index contributed by atoms with van der Waals surface area (Å²) in [6.45, 7) is 2.44. The van der Waals surface area contributed by atoms with E-state index in [1.54, 1.807) is 6.07 Å². The van der Waals surface area contributed by atoms with Gasteiger partial charge in [-0.15, -0.1) is 0 Å². The van der Waals surface area contributed by atoms with Crippen LogP contribution in [0.15, 0.2) is 0 Å². The van der Waals surface area contributed by atoms with Crippen LogP contribution >= 0.6 is 7.82 Å². The number of nitrogens with zero attached hydrogens (tertiary/aromatic N) is 1. The van der Waals surface area contributed by atoms with E-state index in [0.29, 0.717) is 6.54 Å². The molecule has 0 bridgehead atoms. The van der Waals surface area contributed by atoms with Crippen molar-refractivity contribution in [2.24, 2.45) is 0 Å². The van der Waals surface area contributed by atoms with Crippen molar-refractivity contribution in [1.82, 2.24) is 5.32 Å². The fourth-order valence-electron chi connectivity index (χ4n) is 0.701. The largest absolute Gasteiger partial charge is 0.471 e. The number of hydrogen-bond acceptors (Lipinski definition) is 4. The average molecular weight is 208 g/mol. The maximum atomic E-state index is 10.4. The van der Waals surface area contributed by atoms with Crippen LogP contribution < -0.4 is 5.32 Å². The summed E-state index contributed by atoms with van der Waals surface area (Å²) in [5.74, 6) is 0. The van der Waals surface area contributed by atoms with Crippen molar-refractivity contribution < 1.29 is 18.9 Å². The molecular weight excluding hydrogens is 195 g/mol. The van der Waals surface area contributed by atoms with E-state index in [-0.39, 0.29) is 6.42 Å². The lowest BCUT2D eigenvalue weighted by Gasteiger charge is -2.16.